The van der Waals surface area contributed by atoms with Crippen LogP contribution in [0.4, 0.5) is 0 Å². The highest BCUT2D eigenvalue weighted by molar-refractivity contribution is 5.85. The monoisotopic (exact) mass is 297 g/mol. The molecular formula is C14H20ClN3O2. The molecule has 0 unspecified atom stereocenters. The maximum atomic E-state index is 5.34. The molecule has 0 aliphatic carbocycles. The minimum atomic E-state index is 0. The topological polar surface area (TPSA) is 48.3 Å². The highest BCUT2D eigenvalue weighted by Crippen LogP contribution is 2.23. The van der Waals surface area contributed by atoms with E-state index in [1.807, 2.05) is 37.6 Å². The molecule has 1 heterocycles. The maximum Gasteiger partial charge on any atom is 0.123 e. The first-order valence-corrected chi connectivity index (χ1v) is 6.12. The van der Waals surface area contributed by atoms with Crippen LogP contribution < -0.4 is 14.8 Å². The summed E-state index contributed by atoms with van der Waals surface area (Å²) in [4.78, 5) is 0. The van der Waals surface area contributed by atoms with Gasteiger partial charge in [-0.3, -0.25) is 4.68 Å². The quantitative estimate of drug-likeness (QED) is 0.887. The number of hydrogen-bond donors (Lipinski definition) is 1. The fraction of sp³-hybridized carbons (Fsp3) is 0.357. The minimum absolute atomic E-state index is 0. The number of aromatic nitrogens is 2. The van der Waals surface area contributed by atoms with Crippen LogP contribution in [-0.4, -0.2) is 24.0 Å². The number of aryl methyl sites for hydroxylation is 1. The molecule has 6 heteroatoms. The molecule has 1 N–H and O–H groups in total. The van der Waals surface area contributed by atoms with E-state index in [1.165, 1.54) is 0 Å². The van der Waals surface area contributed by atoms with Crippen LogP contribution in [0.2, 0.25) is 0 Å². The molecule has 0 bridgehead atoms. The lowest BCUT2D eigenvalue weighted by molar-refractivity contribution is 0.397. The normalized spacial score (nSPS) is 9.95. The van der Waals surface area contributed by atoms with Gasteiger partial charge in [0.1, 0.15) is 11.5 Å². The van der Waals surface area contributed by atoms with Gasteiger partial charge in [-0.15, -0.1) is 12.4 Å². The summed E-state index contributed by atoms with van der Waals surface area (Å²) in [6.45, 7) is 1.49. The Labute approximate surface area is 125 Å². The summed E-state index contributed by atoms with van der Waals surface area (Å²) < 4.78 is 12.4. The van der Waals surface area contributed by atoms with Crippen LogP contribution in [0.15, 0.2) is 30.6 Å². The zero-order valence-corrected chi connectivity index (χ0v) is 12.7. The first-order chi connectivity index (χ1) is 9.22. The highest BCUT2D eigenvalue weighted by Gasteiger charge is 2.05. The predicted molar refractivity (Wildman–Crippen MR) is 80.5 cm³/mol. The number of ether oxygens (including phenoxy) is 2. The Balaban J connectivity index is 0.00000200. The molecular weight excluding hydrogens is 278 g/mol. The lowest BCUT2D eigenvalue weighted by Crippen LogP contribution is -2.13. The van der Waals surface area contributed by atoms with E-state index in [4.69, 9.17) is 9.47 Å². The van der Waals surface area contributed by atoms with Crippen molar-refractivity contribution in [3.8, 4) is 11.5 Å². The van der Waals surface area contributed by atoms with Gasteiger partial charge in [0.2, 0.25) is 0 Å². The van der Waals surface area contributed by atoms with E-state index in [2.05, 4.69) is 10.4 Å². The summed E-state index contributed by atoms with van der Waals surface area (Å²) in [5, 5.41) is 7.50. The van der Waals surface area contributed by atoms with Gasteiger partial charge in [0.25, 0.3) is 0 Å². The van der Waals surface area contributed by atoms with Gasteiger partial charge in [0.15, 0.2) is 0 Å². The first-order valence-electron chi connectivity index (χ1n) is 6.12. The Morgan fingerprint density at radius 3 is 2.60 bits per heavy atom. The smallest absolute Gasteiger partial charge is 0.123 e. The fourth-order valence-electron chi connectivity index (χ4n) is 1.92. The molecule has 0 aliphatic rings. The number of nitrogens with zero attached hydrogens (tertiary/aromatic N) is 2. The standard InChI is InChI=1S/C14H19N3O2.ClH/c1-17-10-11(8-16-17)7-15-9-12-6-13(18-2)4-5-14(12)19-3;/h4-6,8,10,15H,7,9H2,1-3H3;1H. The van der Waals surface area contributed by atoms with Crippen LogP contribution in [-0.2, 0) is 20.1 Å². The van der Waals surface area contributed by atoms with Gasteiger partial charge in [0.05, 0.1) is 20.4 Å². The average Bonchev–Trinajstić information content (AvgIpc) is 2.84. The van der Waals surface area contributed by atoms with Gasteiger partial charge in [-0.25, -0.2) is 0 Å². The van der Waals surface area contributed by atoms with Crippen molar-refractivity contribution in [2.75, 3.05) is 14.2 Å². The zero-order valence-electron chi connectivity index (χ0n) is 11.9. The number of hydrogen-bond acceptors (Lipinski definition) is 4. The van der Waals surface area contributed by atoms with Gasteiger partial charge >= 0.3 is 0 Å². The molecule has 0 aliphatic heterocycles. The van der Waals surface area contributed by atoms with E-state index in [-0.39, 0.29) is 12.4 Å². The molecule has 1 aromatic heterocycles. The zero-order chi connectivity index (χ0) is 13.7. The molecule has 5 nitrogen and oxygen atoms in total. The molecule has 20 heavy (non-hydrogen) atoms. The second kappa shape index (κ2) is 7.77. The number of rotatable bonds is 6. The molecule has 110 valence electrons. The van der Waals surface area contributed by atoms with Crippen molar-refractivity contribution in [3.63, 3.8) is 0 Å². The second-order valence-electron chi connectivity index (χ2n) is 4.30. The van der Waals surface area contributed by atoms with Gasteiger partial charge < -0.3 is 14.8 Å². The maximum absolute atomic E-state index is 5.34. The predicted octanol–water partition coefficient (Wildman–Crippen LogP) is 2.15. The Morgan fingerprint density at radius 1 is 1.20 bits per heavy atom. The van der Waals surface area contributed by atoms with Gasteiger partial charge in [0, 0.05) is 37.5 Å². The third-order valence-electron chi connectivity index (χ3n) is 2.89. The van der Waals surface area contributed by atoms with E-state index in [9.17, 15) is 0 Å². The largest absolute Gasteiger partial charge is 0.497 e. The van der Waals surface area contributed by atoms with Crippen molar-refractivity contribution in [2.45, 2.75) is 13.1 Å². The molecule has 0 saturated carbocycles. The summed E-state index contributed by atoms with van der Waals surface area (Å²) >= 11 is 0. The fourth-order valence-corrected chi connectivity index (χ4v) is 1.92. The Bertz CT molecular complexity index is 543. The third-order valence-corrected chi connectivity index (χ3v) is 2.89. The van der Waals surface area contributed by atoms with Gasteiger partial charge in [-0.05, 0) is 18.2 Å². The number of nitrogens with one attached hydrogen (secondary N) is 1. The molecule has 0 radical (unpaired) electrons. The summed E-state index contributed by atoms with van der Waals surface area (Å²) in [5.74, 6) is 1.69. The Morgan fingerprint density at radius 2 is 2.00 bits per heavy atom. The molecule has 2 aromatic rings. The first kappa shape index (κ1) is 16.3. The third kappa shape index (κ3) is 4.15. The van der Waals surface area contributed by atoms with E-state index >= 15 is 0 Å². The van der Waals surface area contributed by atoms with Gasteiger partial charge in [-0.2, -0.15) is 5.10 Å². The van der Waals surface area contributed by atoms with E-state index in [0.717, 1.165) is 35.7 Å². The summed E-state index contributed by atoms with van der Waals surface area (Å²) in [6.07, 6.45) is 3.85. The van der Waals surface area contributed by atoms with Crippen LogP contribution in [0.1, 0.15) is 11.1 Å². The molecule has 0 atom stereocenters. The Hall–Kier alpha value is -1.72. The molecule has 0 amide bonds. The van der Waals surface area contributed by atoms with E-state index in [0.29, 0.717) is 0 Å². The number of benzene rings is 1. The molecule has 0 fully saturated rings. The summed E-state index contributed by atoms with van der Waals surface area (Å²) in [5.41, 5.74) is 2.23. The van der Waals surface area contributed by atoms with Crippen molar-refractivity contribution in [2.24, 2.45) is 7.05 Å². The van der Waals surface area contributed by atoms with Crippen LogP contribution >= 0.6 is 12.4 Å². The lowest BCUT2D eigenvalue weighted by Gasteiger charge is -2.11. The molecule has 2 rings (SSSR count). The molecule has 0 saturated heterocycles. The van der Waals surface area contributed by atoms with E-state index < -0.39 is 0 Å². The number of halogens is 1. The highest BCUT2D eigenvalue weighted by atomic mass is 35.5. The molecule has 1 aromatic carbocycles. The van der Waals surface area contributed by atoms with Crippen molar-refractivity contribution < 1.29 is 9.47 Å². The van der Waals surface area contributed by atoms with Crippen LogP contribution in [0.25, 0.3) is 0 Å². The lowest BCUT2D eigenvalue weighted by atomic mass is 10.2. The van der Waals surface area contributed by atoms with E-state index in [1.54, 1.807) is 18.9 Å². The summed E-state index contributed by atoms with van der Waals surface area (Å²) in [7, 11) is 5.25. The molecule has 0 spiro atoms. The van der Waals surface area contributed by atoms with Crippen molar-refractivity contribution in [3.05, 3.63) is 41.7 Å². The SMILES string of the molecule is COc1ccc(OC)c(CNCc2cnn(C)c2)c1.Cl. The second-order valence-corrected chi connectivity index (χ2v) is 4.30. The minimum Gasteiger partial charge on any atom is -0.497 e. The number of methoxy groups -OCH3 is 2. The van der Waals surface area contributed by atoms with Gasteiger partial charge in [-0.1, -0.05) is 0 Å². The van der Waals surface area contributed by atoms with Crippen LogP contribution in [0.5, 0.6) is 11.5 Å². The van der Waals surface area contributed by atoms with Crippen LogP contribution in [0.3, 0.4) is 0 Å². The summed E-state index contributed by atoms with van der Waals surface area (Å²) in [6, 6.07) is 5.79. The Kier molecular flexibility index (Phi) is 6.35. The van der Waals surface area contributed by atoms with Crippen molar-refractivity contribution >= 4 is 12.4 Å². The van der Waals surface area contributed by atoms with Crippen molar-refractivity contribution in [1.29, 1.82) is 0 Å². The van der Waals surface area contributed by atoms with Crippen LogP contribution in [0, 0.1) is 0 Å². The van der Waals surface area contributed by atoms with Crippen molar-refractivity contribution in [1.82, 2.24) is 15.1 Å². The average molecular weight is 298 g/mol.